The molecule has 26 heavy (non-hydrogen) atoms. The van der Waals surface area contributed by atoms with Crippen molar-refractivity contribution in [2.24, 2.45) is 0 Å². The minimum atomic E-state index is -0.369. The van der Waals surface area contributed by atoms with Gasteiger partial charge in [-0.3, -0.25) is 4.79 Å². The van der Waals surface area contributed by atoms with Crippen LogP contribution >= 0.6 is 12.2 Å². The Morgan fingerprint density at radius 3 is 1.85 bits per heavy atom. The Kier molecular flexibility index (Phi) is 6.78. The molecule has 0 spiro atoms. The van der Waals surface area contributed by atoms with Crippen LogP contribution in [0, 0.1) is 0 Å². The second kappa shape index (κ2) is 9.48. The van der Waals surface area contributed by atoms with Gasteiger partial charge in [0.2, 0.25) is 5.91 Å². The molecular weight excluding hydrogens is 340 g/mol. The van der Waals surface area contributed by atoms with Crippen LogP contribution in [0.15, 0.2) is 60.7 Å². The fraction of sp³-hybridized carbons (Fsp3) is 0.364. The van der Waals surface area contributed by atoms with Crippen LogP contribution in [0.5, 0.6) is 0 Å². The van der Waals surface area contributed by atoms with E-state index in [4.69, 9.17) is 12.2 Å². The number of rotatable bonds is 4. The molecule has 1 saturated carbocycles. The molecule has 2 aromatic rings. The highest BCUT2D eigenvalue weighted by Crippen LogP contribution is 2.24. The van der Waals surface area contributed by atoms with Gasteiger partial charge in [0, 0.05) is 6.04 Å². The van der Waals surface area contributed by atoms with Crippen LogP contribution in [0.1, 0.15) is 55.6 Å². The lowest BCUT2D eigenvalue weighted by atomic mass is 9.90. The van der Waals surface area contributed by atoms with Crippen molar-refractivity contribution in [1.29, 1.82) is 0 Å². The lowest BCUT2D eigenvalue weighted by Crippen LogP contribution is -2.45. The van der Waals surface area contributed by atoms with E-state index in [9.17, 15) is 4.79 Å². The van der Waals surface area contributed by atoms with E-state index < -0.39 is 0 Å². The fourth-order valence-electron chi connectivity index (χ4n) is 3.62. The molecule has 1 fully saturated rings. The third-order valence-electron chi connectivity index (χ3n) is 4.96. The summed E-state index contributed by atoms with van der Waals surface area (Å²) in [6.45, 7) is 0. The molecule has 0 atom stereocenters. The first-order valence-electron chi connectivity index (χ1n) is 9.45. The maximum atomic E-state index is 13.0. The monoisotopic (exact) mass is 366 g/mol. The van der Waals surface area contributed by atoms with E-state index in [0.29, 0.717) is 11.2 Å². The van der Waals surface area contributed by atoms with E-state index in [1.165, 1.54) is 25.7 Å². The topological polar surface area (TPSA) is 41.1 Å². The number of thiocarbonyl (C=S) groups is 1. The van der Waals surface area contributed by atoms with E-state index in [-0.39, 0.29) is 11.8 Å². The zero-order valence-electron chi connectivity index (χ0n) is 15.0. The van der Waals surface area contributed by atoms with Gasteiger partial charge < -0.3 is 10.6 Å². The Bertz CT molecular complexity index is 670. The second-order valence-electron chi connectivity index (χ2n) is 6.91. The van der Waals surface area contributed by atoms with Crippen LogP contribution in [0.25, 0.3) is 0 Å². The van der Waals surface area contributed by atoms with Crippen LogP contribution in [0.4, 0.5) is 0 Å². The number of amides is 1. The molecule has 0 heterocycles. The number of carbonyl (C=O) groups excluding carboxylic acids is 1. The summed E-state index contributed by atoms with van der Waals surface area (Å²) in [5.41, 5.74) is 1.93. The SMILES string of the molecule is O=C(NC(=S)NC1CCCCCC1)C(c1ccccc1)c1ccccc1. The predicted molar refractivity (Wildman–Crippen MR) is 110 cm³/mol. The molecule has 0 radical (unpaired) electrons. The van der Waals surface area contributed by atoms with Crippen molar-refractivity contribution < 1.29 is 4.79 Å². The van der Waals surface area contributed by atoms with Crippen molar-refractivity contribution in [1.82, 2.24) is 10.6 Å². The third kappa shape index (κ3) is 5.15. The first kappa shape index (κ1) is 18.6. The molecule has 0 unspecified atom stereocenters. The van der Waals surface area contributed by atoms with Crippen molar-refractivity contribution >= 4 is 23.2 Å². The summed E-state index contributed by atoms with van der Waals surface area (Å²) in [4.78, 5) is 13.0. The van der Waals surface area contributed by atoms with Gasteiger partial charge in [0.05, 0.1) is 5.92 Å². The first-order chi connectivity index (χ1) is 12.7. The summed E-state index contributed by atoms with van der Waals surface area (Å²) in [5.74, 6) is -0.459. The molecule has 3 nitrogen and oxygen atoms in total. The van der Waals surface area contributed by atoms with Gasteiger partial charge >= 0.3 is 0 Å². The predicted octanol–water partition coefficient (Wildman–Crippen LogP) is 4.53. The Hall–Kier alpha value is -2.20. The van der Waals surface area contributed by atoms with Crippen LogP contribution in [-0.4, -0.2) is 17.1 Å². The summed E-state index contributed by atoms with van der Waals surface area (Å²) >= 11 is 5.43. The van der Waals surface area contributed by atoms with Crippen molar-refractivity contribution in [2.75, 3.05) is 0 Å². The van der Waals surface area contributed by atoms with Gasteiger partial charge in [0.15, 0.2) is 5.11 Å². The van der Waals surface area contributed by atoms with Gasteiger partial charge in [-0.05, 0) is 36.2 Å². The molecule has 1 aliphatic carbocycles. The quantitative estimate of drug-likeness (QED) is 0.617. The van der Waals surface area contributed by atoms with Crippen molar-refractivity contribution in [3.8, 4) is 0 Å². The molecule has 2 aromatic carbocycles. The third-order valence-corrected chi connectivity index (χ3v) is 5.18. The van der Waals surface area contributed by atoms with E-state index in [1.54, 1.807) is 0 Å². The Balaban J connectivity index is 1.70. The highest BCUT2D eigenvalue weighted by atomic mass is 32.1. The average Bonchev–Trinajstić information content (AvgIpc) is 2.92. The van der Waals surface area contributed by atoms with Crippen molar-refractivity contribution in [3.05, 3.63) is 71.8 Å². The van der Waals surface area contributed by atoms with E-state index in [0.717, 1.165) is 24.0 Å². The Morgan fingerprint density at radius 2 is 1.35 bits per heavy atom. The van der Waals surface area contributed by atoms with Crippen molar-refractivity contribution in [3.63, 3.8) is 0 Å². The molecule has 0 saturated heterocycles. The maximum Gasteiger partial charge on any atom is 0.238 e. The number of hydrogen-bond acceptors (Lipinski definition) is 2. The summed E-state index contributed by atoms with van der Waals surface area (Å²) in [7, 11) is 0. The van der Waals surface area contributed by atoms with Gasteiger partial charge in [-0.1, -0.05) is 86.3 Å². The summed E-state index contributed by atoms with van der Waals surface area (Å²) < 4.78 is 0. The number of hydrogen-bond donors (Lipinski definition) is 2. The van der Waals surface area contributed by atoms with E-state index >= 15 is 0 Å². The molecular formula is C22H26N2OS. The van der Waals surface area contributed by atoms with Gasteiger partial charge in [0.25, 0.3) is 0 Å². The summed E-state index contributed by atoms with van der Waals surface area (Å²) in [5, 5.41) is 6.72. The molecule has 1 amide bonds. The Morgan fingerprint density at radius 1 is 0.846 bits per heavy atom. The minimum absolute atomic E-state index is 0.0893. The standard InChI is InChI=1S/C22H26N2OS/c25-21(24-22(26)23-19-15-9-1-2-10-16-19)20(17-11-5-3-6-12-17)18-13-7-4-8-14-18/h3-8,11-14,19-20H,1-2,9-10,15-16H2,(H2,23,24,25,26). The summed E-state index contributed by atoms with van der Waals surface area (Å²) in [6.07, 6.45) is 7.28. The van der Waals surface area contributed by atoms with Crippen molar-refractivity contribution in [2.45, 2.75) is 50.5 Å². The van der Waals surface area contributed by atoms with Crippen LogP contribution < -0.4 is 10.6 Å². The van der Waals surface area contributed by atoms with Gasteiger partial charge in [-0.15, -0.1) is 0 Å². The smallest absolute Gasteiger partial charge is 0.238 e. The zero-order chi connectivity index (χ0) is 18.2. The Labute approximate surface area is 161 Å². The molecule has 136 valence electrons. The highest BCUT2D eigenvalue weighted by molar-refractivity contribution is 7.80. The zero-order valence-corrected chi connectivity index (χ0v) is 15.8. The lowest BCUT2D eigenvalue weighted by molar-refractivity contribution is -0.120. The van der Waals surface area contributed by atoms with Crippen LogP contribution in [0.3, 0.4) is 0 Å². The number of benzene rings is 2. The lowest BCUT2D eigenvalue weighted by Gasteiger charge is -2.21. The molecule has 1 aliphatic rings. The number of carbonyl (C=O) groups is 1. The minimum Gasteiger partial charge on any atom is -0.360 e. The van der Waals surface area contributed by atoms with Gasteiger partial charge in [0.1, 0.15) is 0 Å². The first-order valence-corrected chi connectivity index (χ1v) is 9.86. The fourth-order valence-corrected chi connectivity index (χ4v) is 3.88. The second-order valence-corrected chi connectivity index (χ2v) is 7.31. The molecule has 0 bridgehead atoms. The van der Waals surface area contributed by atoms with Gasteiger partial charge in [-0.25, -0.2) is 0 Å². The van der Waals surface area contributed by atoms with E-state index in [1.807, 2.05) is 60.7 Å². The highest BCUT2D eigenvalue weighted by Gasteiger charge is 2.24. The van der Waals surface area contributed by atoms with Gasteiger partial charge in [-0.2, -0.15) is 0 Å². The maximum absolute atomic E-state index is 13.0. The number of nitrogens with one attached hydrogen (secondary N) is 2. The largest absolute Gasteiger partial charge is 0.360 e. The van der Waals surface area contributed by atoms with Crippen LogP contribution in [0.2, 0.25) is 0 Å². The van der Waals surface area contributed by atoms with E-state index in [2.05, 4.69) is 10.6 Å². The van der Waals surface area contributed by atoms with Crippen LogP contribution in [-0.2, 0) is 4.79 Å². The molecule has 0 aliphatic heterocycles. The normalized spacial score (nSPS) is 15.3. The summed E-state index contributed by atoms with van der Waals surface area (Å²) in [6, 6.07) is 20.1. The molecule has 2 N–H and O–H groups in total. The molecule has 4 heteroatoms. The average molecular weight is 367 g/mol. The molecule has 3 rings (SSSR count). The molecule has 0 aromatic heterocycles.